The molecule has 27 heteroatoms. The van der Waals surface area contributed by atoms with Gasteiger partial charge in [0.1, 0.15) is 35.1 Å². The molecule has 3 aliphatic rings. The zero-order valence-corrected chi connectivity index (χ0v) is 49.8. The Balaban J connectivity index is 1.16. The minimum Gasteiger partial charge on any atom is -0.495 e. The van der Waals surface area contributed by atoms with Gasteiger partial charge in [-0.3, -0.25) is 29.3 Å². The molecule has 1 aromatic heterocycles. The predicted octanol–water partition coefficient (Wildman–Crippen LogP) is 5.53. The molecule has 7 atom stereocenters. The maximum Gasteiger partial charge on any atom is 0.409 e. The summed E-state index contributed by atoms with van der Waals surface area (Å²) < 4.78 is 27.7. The number of hydrazone groups is 1. The lowest BCUT2D eigenvalue weighted by Crippen LogP contribution is -2.63. The number of hydroxylamine groups is 2. The topological polar surface area (TPSA) is 304 Å². The number of carbonyl (C=O) groups is 8. The van der Waals surface area contributed by atoms with E-state index in [9.17, 15) is 48.6 Å². The van der Waals surface area contributed by atoms with E-state index in [1.807, 2.05) is 26.8 Å². The Morgan fingerprint density at radius 2 is 1.74 bits per heavy atom. The van der Waals surface area contributed by atoms with Crippen molar-refractivity contribution in [3.8, 4) is 11.8 Å². The van der Waals surface area contributed by atoms with Gasteiger partial charge in [-0.2, -0.15) is 5.10 Å². The molecule has 0 radical (unpaired) electrons. The van der Waals surface area contributed by atoms with Crippen LogP contribution in [0, 0.1) is 5.92 Å². The van der Waals surface area contributed by atoms with Crippen LogP contribution < -0.4 is 25.1 Å². The minimum absolute atomic E-state index is 0.000270. The molecular formula is C54H73ClN8O16S2. The third-order valence-corrected chi connectivity index (χ3v) is 17.3. The summed E-state index contributed by atoms with van der Waals surface area (Å²) in [5, 5.41) is 31.4. The van der Waals surface area contributed by atoms with Gasteiger partial charge in [-0.05, 0) is 84.4 Å². The highest BCUT2D eigenvalue weighted by molar-refractivity contribution is 8.77. The number of aromatic nitrogens is 2. The van der Waals surface area contributed by atoms with Crippen LogP contribution in [0.25, 0.3) is 0 Å². The van der Waals surface area contributed by atoms with E-state index in [1.54, 1.807) is 38.1 Å². The van der Waals surface area contributed by atoms with Crippen molar-refractivity contribution in [1.29, 1.82) is 0 Å². The first-order chi connectivity index (χ1) is 38.1. The van der Waals surface area contributed by atoms with Crippen LogP contribution in [0.1, 0.15) is 117 Å². The van der Waals surface area contributed by atoms with Gasteiger partial charge in [0, 0.05) is 81.8 Å². The quantitative estimate of drug-likeness (QED) is 0.0316. The molecule has 1 aromatic carbocycles. The summed E-state index contributed by atoms with van der Waals surface area (Å²) in [7, 11) is 8.52. The van der Waals surface area contributed by atoms with E-state index < -0.39 is 94.4 Å². The summed E-state index contributed by atoms with van der Waals surface area (Å²) in [6, 6.07) is 2.32. The number of esters is 1. The highest BCUT2D eigenvalue weighted by Gasteiger charge is 2.49. The van der Waals surface area contributed by atoms with E-state index in [-0.39, 0.29) is 74.9 Å². The average Bonchev–Trinajstić information content (AvgIpc) is 3.73. The molecule has 0 spiro atoms. The first-order valence-corrected chi connectivity index (χ1v) is 28.8. The van der Waals surface area contributed by atoms with Crippen molar-refractivity contribution in [2.75, 3.05) is 45.6 Å². The molecule has 4 N–H and O–H groups in total. The Hall–Kier alpha value is -6.32. The largest absolute Gasteiger partial charge is 0.495 e. The van der Waals surface area contributed by atoms with Crippen LogP contribution in [0.4, 0.5) is 10.5 Å². The molecule has 81 heavy (non-hydrogen) atoms. The Labute approximate surface area is 483 Å². The molecule has 0 saturated carbocycles. The number of hydrogen-bond donors (Lipinski definition) is 4. The van der Waals surface area contributed by atoms with Crippen molar-refractivity contribution in [3.63, 3.8) is 0 Å². The number of benzene rings is 1. The molecule has 24 nitrogen and oxygen atoms in total. The number of amides is 6. The Bertz CT molecular complexity index is 2730. The van der Waals surface area contributed by atoms with E-state index >= 15 is 0 Å². The summed E-state index contributed by atoms with van der Waals surface area (Å²) >= 11 is 6.79. The lowest BCUT2D eigenvalue weighted by molar-refractivity contribution is -0.197. The van der Waals surface area contributed by atoms with Crippen LogP contribution in [-0.2, 0) is 59.0 Å². The molecule has 3 aliphatic heterocycles. The summed E-state index contributed by atoms with van der Waals surface area (Å²) in [5.41, 5.74) is 1.47. The second kappa shape index (κ2) is 29.1. The maximum absolute atomic E-state index is 14.3. The monoisotopic (exact) mass is 1190 g/mol. The van der Waals surface area contributed by atoms with E-state index in [2.05, 4.69) is 25.8 Å². The number of rotatable bonds is 20. The summed E-state index contributed by atoms with van der Waals surface area (Å²) in [6.07, 6.45) is 3.27. The van der Waals surface area contributed by atoms with Crippen molar-refractivity contribution in [1.82, 2.24) is 30.7 Å². The number of halogens is 1. The van der Waals surface area contributed by atoms with Crippen molar-refractivity contribution in [2.45, 2.75) is 153 Å². The molecule has 0 aliphatic carbocycles. The fraction of sp³-hybridized carbons (Fsp3) is 0.574. The Morgan fingerprint density at radius 3 is 2.40 bits per heavy atom. The number of nitrogens with zero attached hydrogens (tertiary/aromatic N) is 6. The van der Waals surface area contributed by atoms with E-state index in [4.69, 9.17) is 40.1 Å². The summed E-state index contributed by atoms with van der Waals surface area (Å²) in [6.45, 7) is 11.9. The third kappa shape index (κ3) is 18.6. The lowest BCUT2D eigenvalue weighted by Gasteiger charge is -2.43. The molecule has 2 saturated heterocycles. The molecule has 1 unspecified atom stereocenters. The van der Waals surface area contributed by atoms with Gasteiger partial charge in [-0.15, -0.1) is 5.06 Å². The number of anilines is 1. The van der Waals surface area contributed by atoms with Crippen molar-refractivity contribution in [2.24, 2.45) is 11.0 Å². The average molecular weight is 1190 g/mol. The molecule has 2 aromatic rings. The lowest BCUT2D eigenvalue weighted by atomic mass is 9.81. The van der Waals surface area contributed by atoms with Crippen LogP contribution in [0.3, 0.4) is 0 Å². The van der Waals surface area contributed by atoms with Crippen molar-refractivity contribution < 1.29 is 77.1 Å². The van der Waals surface area contributed by atoms with Gasteiger partial charge in [0.25, 0.3) is 11.8 Å². The number of ether oxygens (including phenoxy) is 5. The highest BCUT2D eigenvalue weighted by Crippen LogP contribution is 2.40. The first kappa shape index (κ1) is 65.5. The SMILES string of the molecule is COc1cc2cc(c1Cl)N(C)C(=O)C[C@H](OC(=O)[C@H](C)N(C)C(=O)CCSSC(C)(C)CC(=O)N/N=C(\C)c1cnc(OCCCC(=O)ON3C(=O)CCC3=O)nc1)C(C)(O)C[C@H](C)[C@@H]1C[C@@](O)(NC(=O)O1)[C@H](OC)/C=C/C=C(\C)C2. The summed E-state index contributed by atoms with van der Waals surface area (Å²) in [4.78, 5) is 119. The molecule has 4 bridgehead atoms. The van der Waals surface area contributed by atoms with Crippen LogP contribution in [0.5, 0.6) is 11.8 Å². The standard InChI is InChI=1S/C54H73ClN8O16S2/c1-31-14-12-15-40(75-11)54(73)27-39(77-51(71)58-54)32(2)26-53(7,72)41(25-46(68)62(9)37-23-35(22-31)24-38(74-10)48(37)55)78-49(70)34(4)61(8)43(65)19-21-80-81-52(5,6)28-42(64)60-59-33(3)36-29-56-50(57-30-36)76-20-13-16-47(69)79-63-44(66)17-18-45(63)67/h12,14-15,23-24,29-30,32,34,39-41,72-73H,13,16-22,25-28H2,1-11H3,(H,58,71)(H,60,64)/b15-12+,31-14+,59-33+/t32-,34-,39-,40+,41-,53?,54-/m0/s1. The van der Waals surface area contributed by atoms with E-state index in [0.29, 0.717) is 39.9 Å². The van der Waals surface area contributed by atoms with Gasteiger partial charge in [-0.1, -0.05) is 63.9 Å². The van der Waals surface area contributed by atoms with Gasteiger partial charge < -0.3 is 48.5 Å². The van der Waals surface area contributed by atoms with E-state index in [1.165, 1.54) is 85.9 Å². The van der Waals surface area contributed by atoms with Gasteiger partial charge in [0.15, 0.2) is 5.72 Å². The van der Waals surface area contributed by atoms with Crippen LogP contribution in [0.15, 0.2) is 53.4 Å². The second-order valence-electron chi connectivity index (χ2n) is 20.9. The Kier molecular flexibility index (Phi) is 23.5. The van der Waals surface area contributed by atoms with Gasteiger partial charge in [0.2, 0.25) is 17.7 Å². The molecule has 6 amide bonds. The maximum atomic E-state index is 14.3. The number of likely N-dealkylation sites (N-methyl/N-ethyl adjacent to an activating group) is 1. The number of fused-ring (bicyclic) bond motifs is 4. The number of carbonyl (C=O) groups excluding carboxylic acids is 8. The Morgan fingerprint density at radius 1 is 1.06 bits per heavy atom. The zero-order valence-electron chi connectivity index (χ0n) is 47.4. The molecule has 4 heterocycles. The van der Waals surface area contributed by atoms with Crippen LogP contribution in [-0.4, -0.2) is 165 Å². The summed E-state index contributed by atoms with van der Waals surface area (Å²) in [5.74, 6) is -4.22. The van der Waals surface area contributed by atoms with E-state index in [0.717, 1.165) is 11.1 Å². The predicted molar refractivity (Wildman–Crippen MR) is 301 cm³/mol. The van der Waals surface area contributed by atoms with Gasteiger partial charge in [0.05, 0.1) is 43.6 Å². The minimum atomic E-state index is -1.97. The first-order valence-electron chi connectivity index (χ1n) is 26.1. The number of hydrogen-bond acceptors (Lipinski definition) is 21. The fourth-order valence-electron chi connectivity index (χ4n) is 8.80. The number of imide groups is 1. The zero-order chi connectivity index (χ0) is 60.0. The molecule has 444 valence electrons. The normalized spacial score (nSPS) is 24.5. The van der Waals surface area contributed by atoms with Crippen LogP contribution >= 0.6 is 33.2 Å². The number of aliphatic hydroxyl groups is 2. The number of methoxy groups -OCH3 is 2. The number of alkyl carbamates (subject to hydrolysis) is 1. The van der Waals surface area contributed by atoms with Crippen molar-refractivity contribution in [3.05, 3.63) is 64.5 Å². The van der Waals surface area contributed by atoms with Gasteiger partial charge >= 0.3 is 24.0 Å². The number of allylic oxidation sites excluding steroid dienone is 3. The van der Waals surface area contributed by atoms with Crippen LogP contribution in [0.2, 0.25) is 5.02 Å². The number of nitrogens with one attached hydrogen (secondary N) is 2. The van der Waals surface area contributed by atoms with Gasteiger partial charge in [-0.25, -0.2) is 29.8 Å². The molecule has 5 rings (SSSR count). The molecule has 2 fully saturated rings. The third-order valence-electron chi connectivity index (χ3n) is 13.6. The highest BCUT2D eigenvalue weighted by atomic mass is 35.5. The van der Waals surface area contributed by atoms with Crippen molar-refractivity contribution >= 4 is 92.2 Å². The fourth-order valence-corrected chi connectivity index (χ4v) is 11.6. The second-order valence-corrected chi connectivity index (χ2v) is 24.4. The smallest absolute Gasteiger partial charge is 0.409 e. The molecular weight excluding hydrogens is 1120 g/mol.